The van der Waals surface area contributed by atoms with Gasteiger partial charge in [-0.1, -0.05) is 20.8 Å². The molecule has 0 aliphatic rings. The van der Waals surface area contributed by atoms with Gasteiger partial charge in [-0.2, -0.15) is 11.8 Å². The molecule has 2 amide bonds. The highest BCUT2D eigenvalue weighted by atomic mass is 32.2. The van der Waals surface area contributed by atoms with Crippen molar-refractivity contribution in [3.8, 4) is 0 Å². The molecule has 0 aromatic carbocycles. The van der Waals surface area contributed by atoms with Gasteiger partial charge in [0.25, 0.3) is 0 Å². The number of carboxylic acids is 1. The molecule has 0 saturated carbocycles. The van der Waals surface area contributed by atoms with E-state index in [-0.39, 0.29) is 12.0 Å². The van der Waals surface area contributed by atoms with Crippen molar-refractivity contribution in [3.05, 3.63) is 0 Å². The molecule has 0 aliphatic carbocycles. The molecule has 0 aromatic heterocycles. The molecule has 0 radical (unpaired) electrons. The minimum atomic E-state index is -1.01. The van der Waals surface area contributed by atoms with E-state index in [1.165, 1.54) is 0 Å². The van der Waals surface area contributed by atoms with Crippen LogP contribution in [0.5, 0.6) is 0 Å². The van der Waals surface area contributed by atoms with E-state index in [4.69, 9.17) is 5.11 Å². The van der Waals surface area contributed by atoms with E-state index in [9.17, 15) is 9.59 Å². The number of rotatable bonds is 7. The third kappa shape index (κ3) is 6.41. The van der Waals surface area contributed by atoms with Crippen LogP contribution >= 0.6 is 11.8 Å². The molecule has 0 fully saturated rings. The van der Waals surface area contributed by atoms with Crippen LogP contribution < -0.4 is 10.6 Å². The highest BCUT2D eigenvalue weighted by molar-refractivity contribution is 7.98. The molecule has 0 spiro atoms. The summed E-state index contributed by atoms with van der Waals surface area (Å²) in [7, 11) is 0. The second-order valence-electron chi connectivity index (χ2n) is 4.24. The number of urea groups is 1. The molecular weight excluding hydrogens is 240 g/mol. The van der Waals surface area contributed by atoms with Gasteiger partial charge in [-0.15, -0.1) is 0 Å². The molecule has 6 heteroatoms. The summed E-state index contributed by atoms with van der Waals surface area (Å²) in [6, 6.07) is -1.18. The fraction of sp³-hybridized carbons (Fsp3) is 0.818. The maximum absolute atomic E-state index is 11.6. The average molecular weight is 262 g/mol. The van der Waals surface area contributed by atoms with Crippen molar-refractivity contribution in [1.82, 2.24) is 10.6 Å². The molecular formula is C11H22N2O3S. The van der Waals surface area contributed by atoms with E-state index in [1.54, 1.807) is 25.6 Å². The molecule has 2 atom stereocenters. The zero-order valence-corrected chi connectivity index (χ0v) is 11.6. The zero-order chi connectivity index (χ0) is 13.4. The number of nitrogens with one attached hydrogen (secondary N) is 2. The summed E-state index contributed by atoms with van der Waals surface area (Å²) < 4.78 is 0. The molecule has 100 valence electrons. The molecule has 0 aliphatic heterocycles. The lowest BCUT2D eigenvalue weighted by Gasteiger charge is -2.21. The van der Waals surface area contributed by atoms with Gasteiger partial charge in [-0.05, 0) is 18.6 Å². The molecule has 3 N–H and O–H groups in total. The molecule has 0 heterocycles. The minimum absolute atomic E-state index is 0.0756. The Morgan fingerprint density at radius 3 is 2.24 bits per heavy atom. The summed E-state index contributed by atoms with van der Waals surface area (Å²) in [5.41, 5.74) is 0. The molecule has 0 bridgehead atoms. The lowest BCUT2D eigenvalue weighted by Crippen LogP contribution is -2.51. The topological polar surface area (TPSA) is 78.4 Å². The third-order valence-corrected chi connectivity index (χ3v) is 3.15. The number of hydrogen-bond donors (Lipinski definition) is 3. The van der Waals surface area contributed by atoms with Gasteiger partial charge in [0.2, 0.25) is 0 Å². The Hall–Kier alpha value is -0.910. The van der Waals surface area contributed by atoms with Gasteiger partial charge in [-0.25, -0.2) is 9.59 Å². The van der Waals surface area contributed by atoms with Crippen LogP contribution in [0.4, 0.5) is 4.79 Å². The fourth-order valence-corrected chi connectivity index (χ4v) is 2.07. The first-order valence-corrected chi connectivity index (χ1v) is 7.10. The summed E-state index contributed by atoms with van der Waals surface area (Å²) in [5.74, 6) is -0.324. The highest BCUT2D eigenvalue weighted by Crippen LogP contribution is 2.03. The Bertz CT molecular complexity index is 259. The maximum atomic E-state index is 11.6. The zero-order valence-electron chi connectivity index (χ0n) is 10.8. The van der Waals surface area contributed by atoms with E-state index >= 15 is 0 Å². The Morgan fingerprint density at radius 1 is 1.29 bits per heavy atom. The monoisotopic (exact) mass is 262 g/mol. The van der Waals surface area contributed by atoms with Crippen LogP contribution in [0, 0.1) is 5.92 Å². The average Bonchev–Trinajstić information content (AvgIpc) is 2.24. The van der Waals surface area contributed by atoms with E-state index in [0.717, 1.165) is 12.2 Å². The lowest BCUT2D eigenvalue weighted by atomic mass is 10.1. The maximum Gasteiger partial charge on any atom is 0.326 e. The van der Waals surface area contributed by atoms with Crippen LogP contribution in [-0.2, 0) is 4.79 Å². The Balaban J connectivity index is 4.27. The minimum Gasteiger partial charge on any atom is -0.480 e. The normalized spacial score (nSPS) is 14.2. The molecule has 17 heavy (non-hydrogen) atoms. The number of aliphatic carboxylic acids is 1. The van der Waals surface area contributed by atoms with Crippen molar-refractivity contribution < 1.29 is 14.7 Å². The van der Waals surface area contributed by atoms with Gasteiger partial charge in [0.15, 0.2) is 0 Å². The Morgan fingerprint density at radius 2 is 1.88 bits per heavy atom. The summed E-state index contributed by atoms with van der Waals surface area (Å²) in [5, 5.41) is 14.2. The van der Waals surface area contributed by atoms with Crippen molar-refractivity contribution in [3.63, 3.8) is 0 Å². The van der Waals surface area contributed by atoms with E-state index in [2.05, 4.69) is 10.6 Å². The lowest BCUT2D eigenvalue weighted by molar-refractivity contribution is -0.140. The molecule has 0 rings (SSSR count). The van der Waals surface area contributed by atoms with E-state index < -0.39 is 18.0 Å². The summed E-state index contributed by atoms with van der Waals surface area (Å²) >= 11 is 1.65. The van der Waals surface area contributed by atoms with Crippen molar-refractivity contribution in [2.75, 3.05) is 12.0 Å². The van der Waals surface area contributed by atoms with E-state index in [1.807, 2.05) is 13.2 Å². The van der Waals surface area contributed by atoms with Crippen LogP contribution in [0.2, 0.25) is 0 Å². The SMILES string of the molecule is CCC(CSC)NC(=O)NC(C(=O)O)C(C)C. The number of carbonyl (C=O) groups excluding carboxylic acids is 1. The second kappa shape index (κ2) is 8.22. The number of carboxylic acid groups (broad SMARTS) is 1. The first kappa shape index (κ1) is 16.1. The summed E-state index contributed by atoms with van der Waals surface area (Å²) in [6.45, 7) is 5.51. The van der Waals surface area contributed by atoms with Gasteiger partial charge in [0, 0.05) is 11.8 Å². The molecule has 0 saturated heterocycles. The van der Waals surface area contributed by atoms with Crippen LogP contribution in [0.25, 0.3) is 0 Å². The van der Waals surface area contributed by atoms with Gasteiger partial charge in [-0.3, -0.25) is 0 Å². The smallest absolute Gasteiger partial charge is 0.326 e. The quantitative estimate of drug-likeness (QED) is 0.650. The highest BCUT2D eigenvalue weighted by Gasteiger charge is 2.23. The predicted molar refractivity (Wildman–Crippen MR) is 70.4 cm³/mol. The van der Waals surface area contributed by atoms with Gasteiger partial charge in [0.05, 0.1) is 0 Å². The number of thioether (sulfide) groups is 1. The fourth-order valence-electron chi connectivity index (χ4n) is 1.34. The van der Waals surface area contributed by atoms with Gasteiger partial charge < -0.3 is 15.7 Å². The first-order valence-electron chi connectivity index (χ1n) is 5.71. The van der Waals surface area contributed by atoms with Crippen molar-refractivity contribution >= 4 is 23.8 Å². The van der Waals surface area contributed by atoms with Crippen LogP contribution in [0.15, 0.2) is 0 Å². The largest absolute Gasteiger partial charge is 0.480 e. The summed E-state index contributed by atoms with van der Waals surface area (Å²) in [6.07, 6.45) is 2.80. The number of amides is 2. The third-order valence-electron chi connectivity index (χ3n) is 2.42. The number of carbonyl (C=O) groups is 2. The molecule has 0 aromatic rings. The predicted octanol–water partition coefficient (Wildman–Crippen LogP) is 1.54. The Labute approximate surface area is 107 Å². The number of hydrogen-bond acceptors (Lipinski definition) is 3. The van der Waals surface area contributed by atoms with Crippen LogP contribution in [-0.4, -0.2) is 41.2 Å². The summed E-state index contributed by atoms with van der Waals surface area (Å²) in [4.78, 5) is 22.5. The van der Waals surface area contributed by atoms with E-state index in [0.29, 0.717) is 0 Å². The van der Waals surface area contributed by atoms with Crippen molar-refractivity contribution in [2.24, 2.45) is 5.92 Å². The first-order chi connectivity index (χ1) is 7.92. The van der Waals surface area contributed by atoms with Gasteiger partial charge >= 0.3 is 12.0 Å². The van der Waals surface area contributed by atoms with Gasteiger partial charge in [0.1, 0.15) is 6.04 Å². The van der Waals surface area contributed by atoms with Crippen molar-refractivity contribution in [2.45, 2.75) is 39.3 Å². The van der Waals surface area contributed by atoms with Crippen molar-refractivity contribution in [1.29, 1.82) is 0 Å². The standard InChI is InChI=1S/C11H22N2O3S/c1-5-8(6-17-4)12-11(16)13-9(7(2)3)10(14)15/h7-9H,5-6H2,1-4H3,(H,14,15)(H2,12,13,16). The Kier molecular flexibility index (Phi) is 7.78. The van der Waals surface area contributed by atoms with Crippen LogP contribution in [0.3, 0.4) is 0 Å². The second-order valence-corrected chi connectivity index (χ2v) is 5.15. The molecule has 2 unspecified atom stereocenters. The van der Waals surface area contributed by atoms with Crippen LogP contribution in [0.1, 0.15) is 27.2 Å². The molecule has 5 nitrogen and oxygen atoms in total.